The Morgan fingerprint density at radius 1 is 1.42 bits per heavy atom. The first-order chi connectivity index (χ1) is 9.19. The molecule has 1 saturated heterocycles. The second-order valence-electron chi connectivity index (χ2n) is 5.44. The Morgan fingerprint density at radius 2 is 2.26 bits per heavy atom. The lowest BCUT2D eigenvalue weighted by Gasteiger charge is -2.42. The van der Waals surface area contributed by atoms with Gasteiger partial charge in [-0.2, -0.15) is 0 Å². The molecule has 19 heavy (non-hydrogen) atoms. The summed E-state index contributed by atoms with van der Waals surface area (Å²) in [5.74, 6) is 0.0569. The SMILES string of the molecule is COc1ccc2c(c1)CCN1CC(C(=O)O)CCC21. The number of nitrogens with zero attached hydrogens (tertiary/aromatic N) is 1. The topological polar surface area (TPSA) is 49.8 Å². The molecule has 1 N–H and O–H groups in total. The van der Waals surface area contributed by atoms with Crippen LogP contribution in [-0.4, -0.2) is 36.2 Å². The summed E-state index contributed by atoms with van der Waals surface area (Å²) in [6.07, 6.45) is 2.70. The normalized spacial score (nSPS) is 26.4. The summed E-state index contributed by atoms with van der Waals surface area (Å²) in [5, 5.41) is 9.15. The molecular formula is C15H19NO3. The molecule has 0 aromatic heterocycles. The van der Waals surface area contributed by atoms with E-state index in [1.165, 1.54) is 11.1 Å². The molecule has 2 heterocycles. The third kappa shape index (κ3) is 2.21. The van der Waals surface area contributed by atoms with Crippen LogP contribution in [0.3, 0.4) is 0 Å². The van der Waals surface area contributed by atoms with Crippen molar-refractivity contribution in [2.75, 3.05) is 20.2 Å². The summed E-state index contributed by atoms with van der Waals surface area (Å²) < 4.78 is 5.27. The first-order valence-corrected chi connectivity index (χ1v) is 6.82. The molecule has 2 atom stereocenters. The van der Waals surface area contributed by atoms with E-state index in [4.69, 9.17) is 9.84 Å². The molecule has 2 unspecified atom stereocenters. The Labute approximate surface area is 113 Å². The fourth-order valence-corrected chi connectivity index (χ4v) is 3.36. The van der Waals surface area contributed by atoms with Crippen molar-refractivity contribution in [1.29, 1.82) is 0 Å². The Hall–Kier alpha value is -1.55. The average molecular weight is 261 g/mol. The van der Waals surface area contributed by atoms with Gasteiger partial charge < -0.3 is 9.84 Å². The summed E-state index contributed by atoms with van der Waals surface area (Å²) in [7, 11) is 1.69. The largest absolute Gasteiger partial charge is 0.497 e. The number of methoxy groups -OCH3 is 1. The lowest BCUT2D eigenvalue weighted by atomic mass is 9.83. The Morgan fingerprint density at radius 3 is 3.00 bits per heavy atom. The minimum Gasteiger partial charge on any atom is -0.497 e. The molecule has 0 amide bonds. The van der Waals surface area contributed by atoms with Crippen LogP contribution >= 0.6 is 0 Å². The predicted octanol–water partition coefficient (Wildman–Crippen LogP) is 2.09. The molecule has 2 aliphatic heterocycles. The lowest BCUT2D eigenvalue weighted by molar-refractivity contribution is -0.144. The quantitative estimate of drug-likeness (QED) is 0.885. The van der Waals surface area contributed by atoms with E-state index in [0.717, 1.165) is 31.6 Å². The molecule has 0 aliphatic carbocycles. The molecule has 1 fully saturated rings. The Kier molecular flexibility index (Phi) is 3.19. The van der Waals surface area contributed by atoms with Gasteiger partial charge in [-0.25, -0.2) is 0 Å². The van der Waals surface area contributed by atoms with E-state index in [1.807, 2.05) is 6.07 Å². The molecule has 0 spiro atoms. The van der Waals surface area contributed by atoms with Crippen LogP contribution in [0.2, 0.25) is 0 Å². The highest BCUT2D eigenvalue weighted by molar-refractivity contribution is 5.70. The number of rotatable bonds is 2. The van der Waals surface area contributed by atoms with Crippen LogP contribution < -0.4 is 4.74 Å². The van der Waals surface area contributed by atoms with Gasteiger partial charge in [0.25, 0.3) is 0 Å². The molecule has 4 nitrogen and oxygen atoms in total. The van der Waals surface area contributed by atoms with Gasteiger partial charge in [0.1, 0.15) is 5.75 Å². The Balaban J connectivity index is 1.85. The van der Waals surface area contributed by atoms with E-state index < -0.39 is 5.97 Å². The predicted molar refractivity (Wildman–Crippen MR) is 71.4 cm³/mol. The second-order valence-corrected chi connectivity index (χ2v) is 5.44. The van der Waals surface area contributed by atoms with Gasteiger partial charge in [0.15, 0.2) is 0 Å². The van der Waals surface area contributed by atoms with Gasteiger partial charge in [-0.1, -0.05) is 6.07 Å². The third-order valence-corrected chi connectivity index (χ3v) is 4.41. The zero-order valence-electron chi connectivity index (χ0n) is 11.1. The van der Waals surface area contributed by atoms with Crippen LogP contribution in [0.25, 0.3) is 0 Å². The minimum atomic E-state index is -0.654. The van der Waals surface area contributed by atoms with Gasteiger partial charge in [0, 0.05) is 19.1 Å². The van der Waals surface area contributed by atoms with Crippen LogP contribution in [0.5, 0.6) is 5.75 Å². The molecule has 1 aromatic rings. The number of carboxylic acids is 1. The summed E-state index contributed by atoms with van der Waals surface area (Å²) in [6, 6.07) is 6.67. The van der Waals surface area contributed by atoms with Crippen LogP contribution in [0, 0.1) is 5.92 Å². The molecule has 0 bridgehead atoms. The van der Waals surface area contributed by atoms with E-state index in [-0.39, 0.29) is 5.92 Å². The van der Waals surface area contributed by atoms with Crippen molar-refractivity contribution in [3.05, 3.63) is 29.3 Å². The zero-order valence-corrected chi connectivity index (χ0v) is 11.1. The minimum absolute atomic E-state index is 0.198. The first kappa shape index (κ1) is 12.5. The van der Waals surface area contributed by atoms with Crippen molar-refractivity contribution in [2.24, 2.45) is 5.92 Å². The van der Waals surface area contributed by atoms with Crippen molar-refractivity contribution in [3.8, 4) is 5.75 Å². The van der Waals surface area contributed by atoms with E-state index in [1.54, 1.807) is 7.11 Å². The molecular weight excluding hydrogens is 242 g/mol. The number of benzene rings is 1. The van der Waals surface area contributed by atoms with Crippen molar-refractivity contribution >= 4 is 5.97 Å². The molecule has 1 aromatic carbocycles. The average Bonchev–Trinajstić information content (AvgIpc) is 2.45. The monoisotopic (exact) mass is 261 g/mol. The van der Waals surface area contributed by atoms with Crippen LogP contribution in [0.15, 0.2) is 18.2 Å². The standard InChI is InChI=1S/C15H19NO3/c1-19-12-3-4-13-10(8-12)6-7-16-9-11(15(17)18)2-5-14(13)16/h3-4,8,11,14H,2,5-7,9H2,1H3,(H,17,18). The van der Waals surface area contributed by atoms with E-state index in [2.05, 4.69) is 17.0 Å². The second kappa shape index (κ2) is 4.85. The highest BCUT2D eigenvalue weighted by atomic mass is 16.5. The smallest absolute Gasteiger partial charge is 0.307 e. The number of carbonyl (C=O) groups is 1. The van der Waals surface area contributed by atoms with Gasteiger partial charge in [0.2, 0.25) is 0 Å². The number of piperidine rings is 1. The zero-order chi connectivity index (χ0) is 13.4. The summed E-state index contributed by atoms with van der Waals surface area (Å²) in [4.78, 5) is 13.4. The number of hydrogen-bond donors (Lipinski definition) is 1. The van der Waals surface area contributed by atoms with Gasteiger partial charge in [-0.15, -0.1) is 0 Å². The molecule has 4 heteroatoms. The van der Waals surface area contributed by atoms with Crippen molar-refractivity contribution in [3.63, 3.8) is 0 Å². The first-order valence-electron chi connectivity index (χ1n) is 6.82. The molecule has 0 saturated carbocycles. The highest BCUT2D eigenvalue weighted by Crippen LogP contribution is 2.39. The van der Waals surface area contributed by atoms with Gasteiger partial charge >= 0.3 is 5.97 Å². The molecule has 3 rings (SSSR count). The van der Waals surface area contributed by atoms with E-state index in [9.17, 15) is 4.79 Å². The summed E-state index contributed by atoms with van der Waals surface area (Å²) in [6.45, 7) is 1.64. The van der Waals surface area contributed by atoms with Crippen molar-refractivity contribution < 1.29 is 14.6 Å². The van der Waals surface area contributed by atoms with Gasteiger partial charge in [-0.05, 0) is 42.5 Å². The maximum absolute atomic E-state index is 11.1. The van der Waals surface area contributed by atoms with E-state index in [0.29, 0.717) is 12.6 Å². The van der Waals surface area contributed by atoms with Crippen LogP contribution in [-0.2, 0) is 11.2 Å². The fourth-order valence-electron chi connectivity index (χ4n) is 3.36. The summed E-state index contributed by atoms with van der Waals surface area (Å²) in [5.41, 5.74) is 2.71. The van der Waals surface area contributed by atoms with Gasteiger partial charge in [-0.3, -0.25) is 9.69 Å². The van der Waals surface area contributed by atoms with Crippen molar-refractivity contribution in [1.82, 2.24) is 4.90 Å². The molecule has 2 aliphatic rings. The number of fused-ring (bicyclic) bond motifs is 3. The number of carboxylic acid groups (broad SMARTS) is 1. The number of hydrogen-bond acceptors (Lipinski definition) is 3. The highest BCUT2D eigenvalue weighted by Gasteiger charge is 2.35. The molecule has 0 radical (unpaired) electrons. The Bertz CT molecular complexity index is 500. The van der Waals surface area contributed by atoms with Crippen LogP contribution in [0.1, 0.15) is 30.0 Å². The third-order valence-electron chi connectivity index (χ3n) is 4.41. The van der Waals surface area contributed by atoms with E-state index >= 15 is 0 Å². The fraction of sp³-hybridized carbons (Fsp3) is 0.533. The summed E-state index contributed by atoms with van der Waals surface area (Å²) >= 11 is 0. The molecule has 102 valence electrons. The van der Waals surface area contributed by atoms with Crippen LogP contribution in [0.4, 0.5) is 0 Å². The van der Waals surface area contributed by atoms with Gasteiger partial charge in [0.05, 0.1) is 13.0 Å². The van der Waals surface area contributed by atoms with Crippen molar-refractivity contribution in [2.45, 2.75) is 25.3 Å². The lowest BCUT2D eigenvalue weighted by Crippen LogP contribution is -2.44. The maximum Gasteiger partial charge on any atom is 0.307 e. The maximum atomic E-state index is 11.1. The number of aliphatic carboxylic acids is 1. The number of ether oxygens (including phenoxy) is 1.